The lowest BCUT2D eigenvalue weighted by molar-refractivity contribution is -0.126. The summed E-state index contributed by atoms with van der Waals surface area (Å²) in [5, 5.41) is 6.04. The minimum absolute atomic E-state index is 0.0504. The van der Waals surface area contributed by atoms with Gasteiger partial charge in [0.15, 0.2) is 0 Å². The molecule has 8 heteroatoms. The molecule has 0 spiro atoms. The molecule has 6 nitrogen and oxygen atoms in total. The lowest BCUT2D eigenvalue weighted by Gasteiger charge is -2.33. The van der Waals surface area contributed by atoms with Crippen molar-refractivity contribution >= 4 is 38.2 Å². The Kier molecular flexibility index (Phi) is 6.26. The Balaban J connectivity index is 1.27. The number of sulfonamides is 1. The second-order valence-corrected chi connectivity index (χ2v) is 11.0. The summed E-state index contributed by atoms with van der Waals surface area (Å²) in [4.78, 5) is 15.9. The zero-order valence-electron chi connectivity index (χ0n) is 17.0. The van der Waals surface area contributed by atoms with Crippen LogP contribution in [0.2, 0.25) is 0 Å². The summed E-state index contributed by atoms with van der Waals surface area (Å²) >= 11 is 1.25. The summed E-state index contributed by atoms with van der Waals surface area (Å²) in [6.07, 6.45) is 4.20. The van der Waals surface area contributed by atoms with Crippen molar-refractivity contribution < 1.29 is 13.2 Å². The van der Waals surface area contributed by atoms with E-state index in [4.69, 9.17) is 0 Å². The van der Waals surface area contributed by atoms with E-state index >= 15 is 0 Å². The Hall–Kier alpha value is -2.16. The Morgan fingerprint density at radius 2 is 2.00 bits per heavy atom. The Morgan fingerprint density at radius 1 is 1.23 bits per heavy atom. The number of aromatic amines is 1. The molecule has 1 unspecified atom stereocenters. The standard InChI is InChI=1S/C22H27N3O3S2/c1-16(17-9-12-25(13-10-17)30(27,28)21-7-4-14-29-21)22(26)23-11-8-18-15-24-20-6-3-2-5-19(18)20/h2-7,14-17,24H,8-13H2,1H3,(H,23,26). The van der Waals surface area contributed by atoms with Crippen LogP contribution in [0, 0.1) is 11.8 Å². The molecule has 30 heavy (non-hydrogen) atoms. The fourth-order valence-electron chi connectivity index (χ4n) is 4.19. The van der Waals surface area contributed by atoms with Gasteiger partial charge in [0.05, 0.1) is 0 Å². The van der Waals surface area contributed by atoms with Crippen molar-refractivity contribution in [3.8, 4) is 0 Å². The normalized spacial score (nSPS) is 17.2. The summed E-state index contributed by atoms with van der Waals surface area (Å²) in [5.41, 5.74) is 2.31. The molecule has 3 heterocycles. The van der Waals surface area contributed by atoms with Gasteiger partial charge in [0.1, 0.15) is 4.21 Å². The third-order valence-corrected chi connectivity index (χ3v) is 9.35. The number of nitrogens with one attached hydrogen (secondary N) is 2. The fourth-order valence-corrected chi connectivity index (χ4v) is 6.80. The highest BCUT2D eigenvalue weighted by Crippen LogP contribution is 2.30. The first-order valence-electron chi connectivity index (χ1n) is 10.3. The zero-order valence-corrected chi connectivity index (χ0v) is 18.6. The summed E-state index contributed by atoms with van der Waals surface area (Å²) in [6, 6.07) is 11.6. The topological polar surface area (TPSA) is 82.3 Å². The van der Waals surface area contributed by atoms with Crippen molar-refractivity contribution in [2.45, 2.75) is 30.4 Å². The molecule has 2 aromatic heterocycles. The molecule has 0 radical (unpaired) electrons. The first kappa shape index (κ1) is 21.1. The van der Waals surface area contributed by atoms with Gasteiger partial charge in [-0.15, -0.1) is 11.3 Å². The third kappa shape index (κ3) is 4.31. The fraction of sp³-hybridized carbons (Fsp3) is 0.409. The van der Waals surface area contributed by atoms with Crippen LogP contribution >= 0.6 is 11.3 Å². The lowest BCUT2D eigenvalue weighted by atomic mass is 9.85. The van der Waals surface area contributed by atoms with Crippen LogP contribution in [-0.2, 0) is 21.2 Å². The van der Waals surface area contributed by atoms with Gasteiger partial charge in [-0.25, -0.2) is 8.42 Å². The number of hydrogen-bond acceptors (Lipinski definition) is 4. The number of thiophene rings is 1. The monoisotopic (exact) mass is 445 g/mol. The van der Waals surface area contributed by atoms with Crippen LogP contribution < -0.4 is 5.32 Å². The van der Waals surface area contributed by atoms with Crippen LogP contribution in [0.25, 0.3) is 10.9 Å². The Labute approximate surface area is 181 Å². The van der Waals surface area contributed by atoms with Gasteiger partial charge in [0.25, 0.3) is 10.0 Å². The van der Waals surface area contributed by atoms with Gasteiger partial charge in [-0.2, -0.15) is 4.31 Å². The average molecular weight is 446 g/mol. The van der Waals surface area contributed by atoms with Crippen LogP contribution in [0.1, 0.15) is 25.3 Å². The number of fused-ring (bicyclic) bond motifs is 1. The second kappa shape index (κ2) is 8.91. The molecule has 2 N–H and O–H groups in total. The van der Waals surface area contributed by atoms with Gasteiger partial charge in [0.2, 0.25) is 5.91 Å². The highest BCUT2D eigenvalue weighted by molar-refractivity contribution is 7.91. The molecule has 160 valence electrons. The summed E-state index contributed by atoms with van der Waals surface area (Å²) in [6.45, 7) is 3.49. The van der Waals surface area contributed by atoms with Crippen LogP contribution in [0.3, 0.4) is 0 Å². The number of aromatic nitrogens is 1. The van der Waals surface area contributed by atoms with Crippen molar-refractivity contribution in [3.63, 3.8) is 0 Å². The molecule has 4 rings (SSSR count). The SMILES string of the molecule is CC(C(=O)NCCc1c[nH]c2ccccc12)C1CCN(S(=O)(=O)c2cccs2)CC1. The number of hydrogen-bond donors (Lipinski definition) is 2. The number of para-hydroxylation sites is 1. The number of benzene rings is 1. The zero-order chi connectivity index (χ0) is 21.1. The molecule has 1 aliphatic rings. The lowest BCUT2D eigenvalue weighted by Crippen LogP contribution is -2.42. The van der Waals surface area contributed by atoms with Gasteiger partial charge in [-0.05, 0) is 48.3 Å². The maximum atomic E-state index is 12.7. The van der Waals surface area contributed by atoms with Crippen LogP contribution in [0.4, 0.5) is 0 Å². The highest BCUT2D eigenvalue weighted by atomic mass is 32.2. The predicted octanol–water partition coefficient (Wildman–Crippen LogP) is 3.63. The average Bonchev–Trinajstić information content (AvgIpc) is 3.44. The van der Waals surface area contributed by atoms with E-state index in [1.54, 1.807) is 21.8 Å². The van der Waals surface area contributed by atoms with E-state index in [0.717, 1.165) is 11.9 Å². The molecule has 3 aromatic rings. The van der Waals surface area contributed by atoms with Gasteiger partial charge in [-0.3, -0.25) is 4.79 Å². The van der Waals surface area contributed by atoms with E-state index in [9.17, 15) is 13.2 Å². The van der Waals surface area contributed by atoms with Crippen molar-refractivity contribution in [2.75, 3.05) is 19.6 Å². The first-order chi connectivity index (χ1) is 14.5. The van der Waals surface area contributed by atoms with Crippen LogP contribution in [0.15, 0.2) is 52.2 Å². The van der Waals surface area contributed by atoms with Crippen molar-refractivity contribution in [1.82, 2.24) is 14.6 Å². The number of amides is 1. The number of piperidine rings is 1. The molecule has 1 saturated heterocycles. The largest absolute Gasteiger partial charge is 0.361 e. The smallest absolute Gasteiger partial charge is 0.252 e. The predicted molar refractivity (Wildman–Crippen MR) is 120 cm³/mol. The van der Waals surface area contributed by atoms with Crippen molar-refractivity contribution in [1.29, 1.82) is 0 Å². The molecule has 1 fully saturated rings. The molecule has 0 bridgehead atoms. The third-order valence-electron chi connectivity index (χ3n) is 6.08. The number of carbonyl (C=O) groups excluding carboxylic acids is 1. The van der Waals surface area contributed by atoms with E-state index in [0.29, 0.717) is 36.7 Å². The van der Waals surface area contributed by atoms with Gasteiger partial charge >= 0.3 is 0 Å². The van der Waals surface area contributed by atoms with Crippen molar-refractivity contribution in [3.05, 3.63) is 53.5 Å². The maximum absolute atomic E-state index is 12.7. The van der Waals surface area contributed by atoms with Gasteiger partial charge in [0, 0.05) is 42.7 Å². The molecule has 0 aliphatic carbocycles. The maximum Gasteiger partial charge on any atom is 0.252 e. The number of nitrogens with zero attached hydrogens (tertiary/aromatic N) is 1. The highest BCUT2D eigenvalue weighted by Gasteiger charge is 2.33. The number of carbonyl (C=O) groups is 1. The second-order valence-electron chi connectivity index (χ2n) is 7.86. The molecular formula is C22H27N3O3S2. The first-order valence-corrected chi connectivity index (χ1v) is 12.6. The molecule has 1 aromatic carbocycles. The van der Waals surface area contributed by atoms with E-state index in [1.165, 1.54) is 22.3 Å². The molecule has 1 atom stereocenters. The molecular weight excluding hydrogens is 418 g/mol. The molecule has 0 saturated carbocycles. The summed E-state index contributed by atoms with van der Waals surface area (Å²) in [5.74, 6) is 0.127. The minimum atomic E-state index is -3.40. The van der Waals surface area contributed by atoms with Crippen LogP contribution in [-0.4, -0.2) is 43.2 Å². The summed E-state index contributed by atoms with van der Waals surface area (Å²) < 4.78 is 27.3. The Morgan fingerprint density at radius 3 is 2.73 bits per heavy atom. The summed E-state index contributed by atoms with van der Waals surface area (Å²) in [7, 11) is -3.40. The molecule has 1 aliphatic heterocycles. The van der Waals surface area contributed by atoms with E-state index in [-0.39, 0.29) is 17.7 Å². The van der Waals surface area contributed by atoms with Gasteiger partial charge in [-0.1, -0.05) is 31.2 Å². The number of rotatable bonds is 7. The minimum Gasteiger partial charge on any atom is -0.361 e. The Bertz CT molecular complexity index is 1100. The van der Waals surface area contributed by atoms with E-state index in [2.05, 4.69) is 16.4 Å². The van der Waals surface area contributed by atoms with E-state index in [1.807, 2.05) is 31.3 Å². The quantitative estimate of drug-likeness (QED) is 0.583. The van der Waals surface area contributed by atoms with Crippen LogP contribution in [0.5, 0.6) is 0 Å². The molecule has 1 amide bonds. The van der Waals surface area contributed by atoms with E-state index < -0.39 is 10.0 Å². The van der Waals surface area contributed by atoms with Crippen molar-refractivity contribution in [2.24, 2.45) is 11.8 Å². The van der Waals surface area contributed by atoms with Gasteiger partial charge < -0.3 is 10.3 Å². The number of H-pyrrole nitrogens is 1.